The molecular formula is C20H32N6. The van der Waals surface area contributed by atoms with Crippen molar-refractivity contribution in [3.63, 3.8) is 0 Å². The Kier molecular flexibility index (Phi) is 8.25. The fourth-order valence-electron chi connectivity index (χ4n) is 2.93. The number of nitrogens with two attached hydrogens (primary N) is 2. The largest absolute Gasteiger partial charge is 0.382 e. The quantitative estimate of drug-likeness (QED) is 0.580. The molecule has 0 aromatic carbocycles. The Bertz CT molecular complexity index is 626. The smallest absolute Gasteiger partial charge is 0.145 e. The minimum atomic E-state index is 0.508. The zero-order chi connectivity index (χ0) is 18.8. The molecule has 0 amide bonds. The zero-order valence-corrected chi connectivity index (χ0v) is 16.2. The van der Waals surface area contributed by atoms with E-state index in [9.17, 15) is 0 Å². The lowest BCUT2D eigenvalue weighted by Crippen LogP contribution is -2.06. The first-order valence-electron chi connectivity index (χ1n) is 9.88. The first-order valence-corrected chi connectivity index (χ1v) is 9.88. The summed E-state index contributed by atoms with van der Waals surface area (Å²) in [5, 5.41) is 0. The number of aromatic nitrogens is 4. The standard InChI is InChI=1S/C20H32N6/c1-3-5-7-9-11-15-19(21)23-13-17(25-15)18-14-24-20(22)16(26-18)12-10-8-6-4-2/h13-14H,3-12H2,1-2H3,(H2,21,23)(H2,22,24). The lowest BCUT2D eigenvalue weighted by Gasteiger charge is -2.09. The Balaban J connectivity index is 2.11. The lowest BCUT2D eigenvalue weighted by atomic mass is 10.1. The van der Waals surface area contributed by atoms with Gasteiger partial charge in [0.05, 0.1) is 23.8 Å². The van der Waals surface area contributed by atoms with E-state index in [1.165, 1.54) is 38.5 Å². The van der Waals surface area contributed by atoms with E-state index in [1.807, 2.05) is 0 Å². The molecule has 0 spiro atoms. The number of nitrogen functional groups attached to an aromatic ring is 2. The van der Waals surface area contributed by atoms with Crippen molar-refractivity contribution in [1.82, 2.24) is 19.9 Å². The van der Waals surface area contributed by atoms with Crippen molar-refractivity contribution in [3.8, 4) is 11.4 Å². The summed E-state index contributed by atoms with van der Waals surface area (Å²) in [6.45, 7) is 4.41. The average molecular weight is 357 g/mol. The van der Waals surface area contributed by atoms with Crippen molar-refractivity contribution in [1.29, 1.82) is 0 Å². The molecule has 4 N–H and O–H groups in total. The van der Waals surface area contributed by atoms with Gasteiger partial charge in [0.2, 0.25) is 0 Å². The molecule has 2 aromatic rings. The topological polar surface area (TPSA) is 104 Å². The molecule has 6 heteroatoms. The third-order valence-electron chi connectivity index (χ3n) is 4.55. The van der Waals surface area contributed by atoms with E-state index in [0.717, 1.165) is 37.1 Å². The Morgan fingerprint density at radius 1 is 0.654 bits per heavy atom. The molecule has 0 bridgehead atoms. The molecule has 0 aliphatic rings. The first kappa shape index (κ1) is 20.1. The lowest BCUT2D eigenvalue weighted by molar-refractivity contribution is 0.659. The third kappa shape index (κ3) is 5.93. The highest BCUT2D eigenvalue weighted by molar-refractivity contribution is 5.56. The number of anilines is 2. The van der Waals surface area contributed by atoms with Crippen molar-refractivity contribution in [2.24, 2.45) is 0 Å². The second-order valence-corrected chi connectivity index (χ2v) is 6.80. The fraction of sp³-hybridized carbons (Fsp3) is 0.600. The SMILES string of the molecule is CCCCCCc1nc(-c2cnc(N)c(CCCCCC)n2)cnc1N. The number of hydrogen-bond donors (Lipinski definition) is 2. The van der Waals surface area contributed by atoms with Crippen LogP contribution in [-0.2, 0) is 12.8 Å². The van der Waals surface area contributed by atoms with Gasteiger partial charge < -0.3 is 11.5 Å². The van der Waals surface area contributed by atoms with E-state index in [2.05, 4.69) is 33.8 Å². The van der Waals surface area contributed by atoms with E-state index in [0.29, 0.717) is 23.0 Å². The van der Waals surface area contributed by atoms with Gasteiger partial charge in [0, 0.05) is 0 Å². The van der Waals surface area contributed by atoms with Crippen LogP contribution in [0.5, 0.6) is 0 Å². The maximum Gasteiger partial charge on any atom is 0.145 e. The van der Waals surface area contributed by atoms with Crippen LogP contribution in [0, 0.1) is 0 Å². The number of aryl methyl sites for hydroxylation is 2. The Morgan fingerprint density at radius 3 is 1.46 bits per heavy atom. The molecule has 6 nitrogen and oxygen atoms in total. The second-order valence-electron chi connectivity index (χ2n) is 6.80. The Morgan fingerprint density at radius 2 is 1.08 bits per heavy atom. The first-order chi connectivity index (χ1) is 12.7. The van der Waals surface area contributed by atoms with Gasteiger partial charge in [0.25, 0.3) is 0 Å². The summed E-state index contributed by atoms with van der Waals surface area (Å²) in [7, 11) is 0. The van der Waals surface area contributed by atoms with Crippen LogP contribution < -0.4 is 11.5 Å². The monoisotopic (exact) mass is 356 g/mol. The van der Waals surface area contributed by atoms with Crippen LogP contribution in [0.4, 0.5) is 11.6 Å². The molecule has 0 saturated heterocycles. The van der Waals surface area contributed by atoms with Crippen LogP contribution in [0.3, 0.4) is 0 Å². The van der Waals surface area contributed by atoms with E-state index in [-0.39, 0.29) is 0 Å². The van der Waals surface area contributed by atoms with E-state index < -0.39 is 0 Å². The average Bonchev–Trinajstić information content (AvgIpc) is 2.65. The van der Waals surface area contributed by atoms with Gasteiger partial charge in [0.1, 0.15) is 23.0 Å². The number of nitrogens with zero attached hydrogens (tertiary/aromatic N) is 4. The Labute approximate surface area is 156 Å². The van der Waals surface area contributed by atoms with Crippen molar-refractivity contribution < 1.29 is 0 Å². The molecule has 2 aromatic heterocycles. The molecule has 0 aliphatic heterocycles. The highest BCUT2D eigenvalue weighted by atomic mass is 15.0. The van der Waals surface area contributed by atoms with E-state index in [1.54, 1.807) is 12.4 Å². The van der Waals surface area contributed by atoms with E-state index >= 15 is 0 Å². The molecular weight excluding hydrogens is 324 g/mol. The second kappa shape index (κ2) is 10.7. The van der Waals surface area contributed by atoms with Crippen molar-refractivity contribution >= 4 is 11.6 Å². The summed E-state index contributed by atoms with van der Waals surface area (Å²) >= 11 is 0. The maximum atomic E-state index is 6.00. The predicted octanol–water partition coefficient (Wildman–Crippen LogP) is 4.34. The van der Waals surface area contributed by atoms with Crippen molar-refractivity contribution in [2.45, 2.75) is 78.1 Å². The fourth-order valence-corrected chi connectivity index (χ4v) is 2.93. The van der Waals surface area contributed by atoms with Gasteiger partial charge >= 0.3 is 0 Å². The highest BCUT2D eigenvalue weighted by Crippen LogP contribution is 2.20. The molecule has 0 unspecified atom stereocenters. The molecule has 0 fully saturated rings. The summed E-state index contributed by atoms with van der Waals surface area (Å²) in [6, 6.07) is 0. The van der Waals surface area contributed by atoms with Crippen LogP contribution in [0.25, 0.3) is 11.4 Å². The summed E-state index contributed by atoms with van der Waals surface area (Å²) < 4.78 is 0. The van der Waals surface area contributed by atoms with Crippen LogP contribution in [0.2, 0.25) is 0 Å². The van der Waals surface area contributed by atoms with Gasteiger partial charge in [0.15, 0.2) is 0 Å². The van der Waals surface area contributed by atoms with Crippen LogP contribution in [0.1, 0.15) is 76.6 Å². The minimum Gasteiger partial charge on any atom is -0.382 e. The van der Waals surface area contributed by atoms with Gasteiger partial charge in [-0.2, -0.15) is 0 Å². The molecule has 0 saturated carbocycles. The molecule has 142 valence electrons. The van der Waals surface area contributed by atoms with Crippen molar-refractivity contribution in [2.75, 3.05) is 11.5 Å². The molecule has 26 heavy (non-hydrogen) atoms. The summed E-state index contributed by atoms with van der Waals surface area (Å²) in [4.78, 5) is 18.0. The van der Waals surface area contributed by atoms with Gasteiger partial charge in [-0.15, -0.1) is 0 Å². The number of rotatable bonds is 11. The summed E-state index contributed by atoms with van der Waals surface area (Å²) in [5.74, 6) is 1.02. The predicted molar refractivity (Wildman–Crippen MR) is 108 cm³/mol. The van der Waals surface area contributed by atoms with Gasteiger partial charge in [-0.3, -0.25) is 0 Å². The number of hydrogen-bond acceptors (Lipinski definition) is 6. The van der Waals surface area contributed by atoms with Crippen LogP contribution >= 0.6 is 0 Å². The summed E-state index contributed by atoms with van der Waals surface area (Å²) in [5.41, 5.74) is 15.1. The third-order valence-corrected chi connectivity index (χ3v) is 4.55. The molecule has 2 heterocycles. The van der Waals surface area contributed by atoms with Crippen molar-refractivity contribution in [3.05, 3.63) is 23.8 Å². The normalized spacial score (nSPS) is 11.0. The number of unbranched alkanes of at least 4 members (excludes halogenated alkanes) is 6. The molecule has 0 radical (unpaired) electrons. The minimum absolute atomic E-state index is 0.508. The van der Waals surface area contributed by atoms with Gasteiger partial charge in [-0.05, 0) is 25.7 Å². The van der Waals surface area contributed by atoms with Gasteiger partial charge in [-0.25, -0.2) is 19.9 Å². The van der Waals surface area contributed by atoms with Crippen LogP contribution in [0.15, 0.2) is 12.4 Å². The van der Waals surface area contributed by atoms with Crippen LogP contribution in [-0.4, -0.2) is 19.9 Å². The molecule has 2 rings (SSSR count). The summed E-state index contributed by atoms with van der Waals surface area (Å²) in [6.07, 6.45) is 14.5. The van der Waals surface area contributed by atoms with Gasteiger partial charge in [-0.1, -0.05) is 52.4 Å². The highest BCUT2D eigenvalue weighted by Gasteiger charge is 2.11. The maximum absolute atomic E-state index is 6.00. The van der Waals surface area contributed by atoms with E-state index in [4.69, 9.17) is 11.5 Å². The molecule has 0 atom stereocenters. The zero-order valence-electron chi connectivity index (χ0n) is 16.2. The molecule has 0 aliphatic carbocycles. The Hall–Kier alpha value is -2.24.